The summed E-state index contributed by atoms with van der Waals surface area (Å²) in [4.78, 5) is 48.9. The molecule has 0 radical (unpaired) electrons. The first-order valence-corrected chi connectivity index (χ1v) is 10.7. The van der Waals surface area contributed by atoms with Crippen LogP contribution in [0.5, 0.6) is 0 Å². The van der Waals surface area contributed by atoms with Crippen molar-refractivity contribution in [2.24, 2.45) is 4.99 Å². The number of nitrogens with zero attached hydrogens (tertiary/aromatic N) is 5. The van der Waals surface area contributed by atoms with Crippen LogP contribution in [-0.2, 0) is 20.9 Å². The molecule has 1 N–H and O–H groups in total. The summed E-state index contributed by atoms with van der Waals surface area (Å²) in [7, 11) is 1.64. The molecule has 10 heteroatoms. The Labute approximate surface area is 187 Å². The van der Waals surface area contributed by atoms with Gasteiger partial charge in [-0.3, -0.25) is 19.8 Å². The van der Waals surface area contributed by atoms with Crippen molar-refractivity contribution in [2.45, 2.75) is 18.8 Å². The lowest BCUT2D eigenvalue weighted by Crippen LogP contribution is -2.64. The minimum atomic E-state index is -0.573. The van der Waals surface area contributed by atoms with E-state index in [-0.39, 0.29) is 25.0 Å². The maximum atomic E-state index is 12.5. The number of hydrogen-bond acceptors (Lipinski definition) is 8. The first-order valence-electron chi connectivity index (χ1n) is 10.7. The van der Waals surface area contributed by atoms with E-state index in [0.29, 0.717) is 38.7 Å². The molecular formula is C22H28N6O4. The van der Waals surface area contributed by atoms with E-state index < -0.39 is 18.2 Å². The maximum absolute atomic E-state index is 12.5. The zero-order valence-corrected chi connectivity index (χ0v) is 18.1. The number of nitrogens with one attached hydrogen (secondary N) is 1. The summed E-state index contributed by atoms with van der Waals surface area (Å²) in [5.41, 5.74) is 0.959. The summed E-state index contributed by atoms with van der Waals surface area (Å²) >= 11 is 0. The highest BCUT2D eigenvalue weighted by Crippen LogP contribution is 2.25. The molecular weight excluding hydrogens is 412 g/mol. The van der Waals surface area contributed by atoms with E-state index >= 15 is 0 Å². The lowest BCUT2D eigenvalue weighted by Gasteiger charge is -2.39. The molecule has 3 aliphatic rings. The van der Waals surface area contributed by atoms with Gasteiger partial charge in [-0.2, -0.15) is 0 Å². The van der Waals surface area contributed by atoms with Crippen LogP contribution in [0.25, 0.3) is 0 Å². The van der Waals surface area contributed by atoms with E-state index in [2.05, 4.69) is 16.8 Å². The molecule has 0 spiro atoms. The van der Waals surface area contributed by atoms with Crippen molar-refractivity contribution in [3.63, 3.8) is 0 Å². The molecule has 1 aromatic carbocycles. The van der Waals surface area contributed by atoms with Crippen LogP contribution in [0.2, 0.25) is 0 Å². The van der Waals surface area contributed by atoms with Gasteiger partial charge in [0.25, 0.3) is 5.91 Å². The zero-order chi connectivity index (χ0) is 22.7. The molecule has 3 amide bonds. The summed E-state index contributed by atoms with van der Waals surface area (Å²) in [6.07, 6.45) is 1.16. The number of hydrogen-bond donors (Lipinski definition) is 1. The molecule has 0 saturated carbocycles. The van der Waals surface area contributed by atoms with Gasteiger partial charge < -0.3 is 19.4 Å². The van der Waals surface area contributed by atoms with Crippen LogP contribution < -0.4 is 5.32 Å². The average Bonchev–Trinajstić information content (AvgIpc) is 3.18. The van der Waals surface area contributed by atoms with E-state index in [0.717, 1.165) is 5.56 Å². The number of guanidine groups is 1. The van der Waals surface area contributed by atoms with Crippen molar-refractivity contribution in [1.29, 1.82) is 0 Å². The van der Waals surface area contributed by atoms with Gasteiger partial charge >= 0.3 is 12.0 Å². The fourth-order valence-corrected chi connectivity index (χ4v) is 4.18. The highest BCUT2D eigenvalue weighted by atomic mass is 16.5. The Morgan fingerprint density at radius 2 is 1.94 bits per heavy atom. The Morgan fingerprint density at radius 1 is 1.22 bits per heavy atom. The highest BCUT2D eigenvalue weighted by Gasteiger charge is 2.49. The number of carbonyl (C=O) groups excluding carboxylic acids is 3. The van der Waals surface area contributed by atoms with Crippen LogP contribution >= 0.6 is 0 Å². The molecule has 0 aromatic heterocycles. The number of likely N-dealkylation sites (N-methyl/N-ethyl adjacent to an activating group) is 1. The molecule has 0 bridgehead atoms. The number of aliphatic imine (C=N–C) groups is 1. The number of piperazine rings is 1. The Bertz CT molecular complexity index is 912. The molecule has 3 heterocycles. The molecule has 4 rings (SSSR count). The first kappa shape index (κ1) is 21.8. The number of carbonyl (C=O) groups is 3. The average molecular weight is 441 g/mol. The second-order valence-electron chi connectivity index (χ2n) is 8.04. The predicted molar refractivity (Wildman–Crippen MR) is 117 cm³/mol. The van der Waals surface area contributed by atoms with Crippen molar-refractivity contribution in [2.75, 3.05) is 46.3 Å². The Hall–Kier alpha value is -3.40. The zero-order valence-electron chi connectivity index (χ0n) is 18.1. The van der Waals surface area contributed by atoms with Crippen LogP contribution in [0, 0.1) is 0 Å². The van der Waals surface area contributed by atoms with Gasteiger partial charge in [0.1, 0.15) is 6.61 Å². The standard InChI is InChI=1S/C22H28N6O4/c1-3-9-28-18-19(25(2)22(31)24-20(18)30)23-21(28)27-12-10-26(11-13-27)14-17(29)32-15-16-7-5-4-6-8-16/h3-8,18-19H,1,9-15H2,2H3,(H,24,30,31). The van der Waals surface area contributed by atoms with Crippen LogP contribution in [0.15, 0.2) is 48.0 Å². The number of urea groups is 1. The number of ether oxygens (including phenoxy) is 1. The van der Waals surface area contributed by atoms with Crippen LogP contribution in [0.4, 0.5) is 4.79 Å². The van der Waals surface area contributed by atoms with Gasteiger partial charge in [-0.25, -0.2) is 9.79 Å². The van der Waals surface area contributed by atoms with Gasteiger partial charge in [0.15, 0.2) is 18.2 Å². The summed E-state index contributed by atoms with van der Waals surface area (Å²) < 4.78 is 5.39. The third kappa shape index (κ3) is 4.45. The number of fused-ring (bicyclic) bond motifs is 1. The molecule has 2 saturated heterocycles. The second-order valence-corrected chi connectivity index (χ2v) is 8.04. The summed E-state index contributed by atoms with van der Waals surface area (Å²) in [5, 5.41) is 2.39. The predicted octanol–water partition coefficient (Wildman–Crippen LogP) is 0.0813. The van der Waals surface area contributed by atoms with Gasteiger partial charge in [0.2, 0.25) is 0 Å². The summed E-state index contributed by atoms with van der Waals surface area (Å²) in [6, 6.07) is 8.58. The Balaban J connectivity index is 1.33. The van der Waals surface area contributed by atoms with Crippen molar-refractivity contribution >= 4 is 23.9 Å². The van der Waals surface area contributed by atoms with Crippen molar-refractivity contribution in [3.8, 4) is 0 Å². The van der Waals surface area contributed by atoms with Crippen molar-refractivity contribution in [1.82, 2.24) is 24.9 Å². The number of benzene rings is 1. The van der Waals surface area contributed by atoms with Gasteiger partial charge in [-0.15, -0.1) is 6.58 Å². The molecule has 1 aromatic rings. The monoisotopic (exact) mass is 440 g/mol. The van der Waals surface area contributed by atoms with E-state index in [9.17, 15) is 14.4 Å². The van der Waals surface area contributed by atoms with E-state index in [1.165, 1.54) is 4.90 Å². The SMILES string of the molecule is C=CCN1C(N2CCN(CC(=O)OCc3ccccc3)CC2)=NC2C1C(=O)NC(=O)N2C. The fraction of sp³-hybridized carbons (Fsp3) is 0.455. The Kier molecular flexibility index (Phi) is 6.40. The van der Waals surface area contributed by atoms with Crippen LogP contribution in [-0.4, -0.2) is 102 Å². The van der Waals surface area contributed by atoms with E-state index in [4.69, 9.17) is 9.73 Å². The van der Waals surface area contributed by atoms with Gasteiger partial charge in [0, 0.05) is 39.8 Å². The van der Waals surface area contributed by atoms with Gasteiger partial charge in [-0.1, -0.05) is 36.4 Å². The lowest BCUT2D eigenvalue weighted by molar-refractivity contribution is -0.146. The van der Waals surface area contributed by atoms with Gasteiger partial charge in [-0.05, 0) is 5.56 Å². The van der Waals surface area contributed by atoms with Crippen LogP contribution in [0.1, 0.15) is 5.56 Å². The third-order valence-electron chi connectivity index (χ3n) is 5.92. The molecule has 2 atom stereocenters. The largest absolute Gasteiger partial charge is 0.460 e. The van der Waals surface area contributed by atoms with Gasteiger partial charge in [0.05, 0.1) is 6.54 Å². The number of esters is 1. The molecule has 170 valence electrons. The number of amides is 3. The summed E-state index contributed by atoms with van der Waals surface area (Å²) in [5.74, 6) is 0.0815. The minimum absolute atomic E-state index is 0.231. The fourth-order valence-electron chi connectivity index (χ4n) is 4.18. The molecule has 3 aliphatic heterocycles. The summed E-state index contributed by atoms with van der Waals surface area (Å²) in [6.45, 7) is 7.37. The molecule has 2 fully saturated rings. The smallest absolute Gasteiger partial charge is 0.325 e. The number of imide groups is 1. The topological polar surface area (TPSA) is 97.8 Å². The molecule has 2 unspecified atom stereocenters. The molecule has 32 heavy (non-hydrogen) atoms. The highest BCUT2D eigenvalue weighted by molar-refractivity contribution is 6.03. The first-order chi connectivity index (χ1) is 15.5. The normalized spacial score (nSPS) is 23.5. The third-order valence-corrected chi connectivity index (χ3v) is 5.92. The Morgan fingerprint density at radius 3 is 2.62 bits per heavy atom. The van der Waals surface area contributed by atoms with Crippen molar-refractivity contribution in [3.05, 3.63) is 48.6 Å². The molecule has 0 aliphatic carbocycles. The van der Waals surface area contributed by atoms with Crippen LogP contribution in [0.3, 0.4) is 0 Å². The lowest BCUT2D eigenvalue weighted by atomic mass is 10.1. The van der Waals surface area contributed by atoms with E-state index in [1.54, 1.807) is 13.1 Å². The minimum Gasteiger partial charge on any atom is -0.460 e. The number of rotatable bonds is 6. The molecule has 10 nitrogen and oxygen atoms in total. The quantitative estimate of drug-likeness (QED) is 0.494. The van der Waals surface area contributed by atoms with Crippen molar-refractivity contribution < 1.29 is 19.1 Å². The second kappa shape index (κ2) is 9.39. The van der Waals surface area contributed by atoms with E-state index in [1.807, 2.05) is 40.1 Å². The maximum Gasteiger partial charge on any atom is 0.325 e.